The van der Waals surface area contributed by atoms with Gasteiger partial charge in [-0.2, -0.15) is 0 Å². The molecule has 16 heavy (non-hydrogen) atoms. The quantitative estimate of drug-likeness (QED) is 0.611. The van der Waals surface area contributed by atoms with Crippen LogP contribution in [-0.2, 0) is 0 Å². The molecule has 0 rings (SSSR count). The van der Waals surface area contributed by atoms with Crippen LogP contribution in [0.15, 0.2) is 0 Å². The number of hydrogen-bond donors (Lipinski definition) is 0. The molecule has 0 radical (unpaired) electrons. The van der Waals surface area contributed by atoms with Crippen LogP contribution in [0.25, 0.3) is 0 Å². The summed E-state index contributed by atoms with van der Waals surface area (Å²) < 4.78 is 4.68. The number of hydrogen-bond acceptors (Lipinski definition) is 0. The Morgan fingerprint density at radius 1 is 0.500 bits per heavy atom. The van der Waals surface area contributed by atoms with E-state index in [2.05, 4.69) is 62.3 Å². The van der Waals surface area contributed by atoms with Crippen LogP contribution in [0, 0.1) is 16.2 Å². The molecule has 0 nitrogen and oxygen atoms in total. The second-order valence-electron chi connectivity index (χ2n) is 9.16. The van der Waals surface area contributed by atoms with E-state index in [4.69, 9.17) is 0 Å². The van der Waals surface area contributed by atoms with Crippen molar-refractivity contribution in [2.24, 2.45) is 16.2 Å². The first kappa shape index (κ1) is 16.8. The Morgan fingerprint density at radius 3 is 0.812 bits per heavy atom. The molecule has 0 aromatic heterocycles. The van der Waals surface area contributed by atoms with Crippen LogP contribution in [-0.4, -0.2) is 19.8 Å². The van der Waals surface area contributed by atoms with Gasteiger partial charge in [-0.1, -0.05) is 0 Å². The number of rotatable bonds is 3. The Balaban J connectivity index is 4.53. The van der Waals surface area contributed by atoms with E-state index in [1.165, 1.54) is 0 Å². The molecule has 0 N–H and O–H groups in total. The van der Waals surface area contributed by atoms with Gasteiger partial charge in [0, 0.05) is 0 Å². The molecule has 0 spiro atoms. The first-order valence-corrected chi connectivity index (χ1v) is 13.8. The Kier molecular flexibility index (Phi) is 5.91. The zero-order valence-electron chi connectivity index (χ0n) is 13.2. The van der Waals surface area contributed by atoms with Gasteiger partial charge >= 0.3 is 112 Å². The van der Waals surface area contributed by atoms with E-state index in [9.17, 15) is 0 Å². The zero-order chi connectivity index (χ0) is 13.2. The second kappa shape index (κ2) is 5.63. The predicted molar refractivity (Wildman–Crippen MR) is 79.9 cm³/mol. The van der Waals surface area contributed by atoms with E-state index in [0.717, 1.165) is 0 Å². The van der Waals surface area contributed by atoms with Crippen molar-refractivity contribution in [3.05, 3.63) is 0 Å². The average Bonchev–Trinajstić information content (AvgIpc) is 1.70. The Labute approximate surface area is 111 Å². The van der Waals surface area contributed by atoms with Gasteiger partial charge in [0.05, 0.1) is 0 Å². The molecule has 0 aliphatic heterocycles. The molecule has 0 bridgehead atoms. The molecule has 0 heterocycles. The third-order valence-electron chi connectivity index (χ3n) is 2.70. The summed E-state index contributed by atoms with van der Waals surface area (Å²) in [5.41, 5.74) is 1.66. The van der Waals surface area contributed by atoms with E-state index in [1.54, 1.807) is 13.3 Å². The predicted octanol–water partition coefficient (Wildman–Crippen LogP) is 5.35. The summed E-state index contributed by atoms with van der Waals surface area (Å²) in [4.78, 5) is 0. The Hall–Kier alpha value is 0.799. The van der Waals surface area contributed by atoms with Crippen LogP contribution < -0.4 is 0 Å². The minimum absolute atomic E-state index is 0.553. The molecule has 0 unspecified atom stereocenters. The van der Waals surface area contributed by atoms with Gasteiger partial charge in [0.25, 0.3) is 0 Å². The van der Waals surface area contributed by atoms with Gasteiger partial charge in [-0.05, 0) is 0 Å². The summed E-state index contributed by atoms with van der Waals surface area (Å²) in [7, 11) is 0. The molecule has 0 fully saturated rings. The molecule has 0 aromatic carbocycles. The van der Waals surface area contributed by atoms with E-state index in [0.29, 0.717) is 16.2 Å². The molecule has 0 atom stereocenters. The van der Waals surface area contributed by atoms with E-state index < -0.39 is 19.8 Å². The molecule has 98 valence electrons. The fourth-order valence-corrected chi connectivity index (χ4v) is 18.9. The fourth-order valence-electron chi connectivity index (χ4n) is 2.81. The van der Waals surface area contributed by atoms with Gasteiger partial charge in [-0.3, -0.25) is 0 Å². The maximum atomic E-state index is 2.42. The van der Waals surface area contributed by atoms with Gasteiger partial charge in [-0.15, -0.1) is 0 Å². The Bertz CT molecular complexity index is 159. The molecule has 0 saturated carbocycles. The van der Waals surface area contributed by atoms with Crippen molar-refractivity contribution < 1.29 is 0 Å². The van der Waals surface area contributed by atoms with Crippen molar-refractivity contribution in [1.82, 2.24) is 0 Å². The van der Waals surface area contributed by atoms with Gasteiger partial charge in [0.1, 0.15) is 0 Å². The summed E-state index contributed by atoms with van der Waals surface area (Å²) in [6.45, 7) is 21.8. The molecular weight excluding hydrogens is 299 g/mol. The third-order valence-corrected chi connectivity index (χ3v) is 18.1. The molecule has 0 amide bonds. The van der Waals surface area contributed by atoms with E-state index in [-0.39, 0.29) is 0 Å². The molecule has 0 aliphatic carbocycles. The normalized spacial score (nSPS) is 14.6. The molecule has 1 heteroatoms. The zero-order valence-corrected chi connectivity index (χ0v) is 16.5. The first-order chi connectivity index (χ1) is 6.79. The van der Waals surface area contributed by atoms with Gasteiger partial charge < -0.3 is 0 Å². The summed E-state index contributed by atoms with van der Waals surface area (Å²) in [6.07, 6.45) is 0. The third kappa shape index (κ3) is 11.3. The monoisotopic (exact) mass is 334 g/mol. The minimum atomic E-state index is -1.36. The van der Waals surface area contributed by atoms with Gasteiger partial charge in [-0.25, -0.2) is 0 Å². The van der Waals surface area contributed by atoms with Crippen LogP contribution in [0.3, 0.4) is 0 Å². The first-order valence-electron chi connectivity index (χ1n) is 6.79. The summed E-state index contributed by atoms with van der Waals surface area (Å²) in [6, 6.07) is 0. The van der Waals surface area contributed by atoms with Crippen molar-refractivity contribution in [1.29, 1.82) is 0 Å². The summed E-state index contributed by atoms with van der Waals surface area (Å²) >= 11 is -1.36. The van der Waals surface area contributed by atoms with Crippen LogP contribution in [0.5, 0.6) is 0 Å². The van der Waals surface area contributed by atoms with Crippen LogP contribution >= 0.6 is 0 Å². The van der Waals surface area contributed by atoms with Crippen molar-refractivity contribution in [3.63, 3.8) is 0 Å². The summed E-state index contributed by atoms with van der Waals surface area (Å²) in [5, 5.41) is 0. The standard InChI is InChI=1S/3C5H11.Sn.H/c3*1-5(2,3)4;;/h3*1H2,2-4H3;;. The van der Waals surface area contributed by atoms with Crippen molar-refractivity contribution in [2.45, 2.75) is 75.6 Å². The second-order valence-corrected chi connectivity index (χ2v) is 17.6. The van der Waals surface area contributed by atoms with Crippen molar-refractivity contribution in [3.8, 4) is 0 Å². The fraction of sp³-hybridized carbons (Fsp3) is 1.00. The van der Waals surface area contributed by atoms with E-state index >= 15 is 0 Å². The van der Waals surface area contributed by atoms with Gasteiger partial charge in [0.15, 0.2) is 0 Å². The molecular formula is C15H34Sn. The van der Waals surface area contributed by atoms with Crippen LogP contribution in [0.1, 0.15) is 62.3 Å². The average molecular weight is 333 g/mol. The maximum absolute atomic E-state index is 2.42. The summed E-state index contributed by atoms with van der Waals surface area (Å²) in [5.74, 6) is 0. The van der Waals surface area contributed by atoms with Crippen LogP contribution in [0.2, 0.25) is 13.3 Å². The molecule has 0 aromatic rings. The molecule has 0 saturated heterocycles. The Morgan fingerprint density at radius 2 is 0.688 bits per heavy atom. The molecule has 0 aliphatic rings. The SMILES string of the molecule is CC(C)(C)[CH2][SnH]([CH2]C(C)(C)C)[CH2]C(C)(C)C. The van der Waals surface area contributed by atoms with Crippen molar-refractivity contribution in [2.75, 3.05) is 0 Å². The van der Waals surface area contributed by atoms with Crippen LogP contribution in [0.4, 0.5) is 0 Å². The van der Waals surface area contributed by atoms with Crippen molar-refractivity contribution >= 4 is 19.8 Å². The topological polar surface area (TPSA) is 0 Å². The van der Waals surface area contributed by atoms with E-state index in [1.807, 2.05) is 0 Å². The van der Waals surface area contributed by atoms with Gasteiger partial charge in [0.2, 0.25) is 0 Å².